The molecule has 1 saturated heterocycles. The molecule has 0 unspecified atom stereocenters. The Labute approximate surface area is 130 Å². The van der Waals surface area contributed by atoms with Gasteiger partial charge in [0.1, 0.15) is 0 Å². The molecule has 4 nitrogen and oxygen atoms in total. The average Bonchev–Trinajstić information content (AvgIpc) is 3.06. The molecule has 0 radical (unpaired) electrons. The van der Waals surface area contributed by atoms with Crippen LogP contribution in [-0.4, -0.2) is 54.0 Å². The fourth-order valence-electron chi connectivity index (χ4n) is 2.32. The summed E-state index contributed by atoms with van der Waals surface area (Å²) in [5.41, 5.74) is 0.682. The highest BCUT2D eigenvalue weighted by Crippen LogP contribution is 2.24. The van der Waals surface area contributed by atoms with Crippen molar-refractivity contribution in [3.8, 4) is 0 Å². The first-order valence-electron chi connectivity index (χ1n) is 7.38. The van der Waals surface area contributed by atoms with Crippen molar-refractivity contribution in [2.24, 2.45) is 0 Å². The van der Waals surface area contributed by atoms with Gasteiger partial charge < -0.3 is 9.80 Å². The van der Waals surface area contributed by atoms with Crippen LogP contribution in [0, 0.1) is 0 Å². The highest BCUT2D eigenvalue weighted by Gasteiger charge is 2.19. The van der Waals surface area contributed by atoms with Gasteiger partial charge in [0.05, 0.1) is 11.3 Å². The molecule has 0 saturated carbocycles. The number of benzene rings is 1. The van der Waals surface area contributed by atoms with Crippen LogP contribution in [0.3, 0.4) is 0 Å². The van der Waals surface area contributed by atoms with Crippen LogP contribution in [0.2, 0.25) is 0 Å². The van der Waals surface area contributed by atoms with Gasteiger partial charge in [-0.2, -0.15) is 0 Å². The van der Waals surface area contributed by atoms with Gasteiger partial charge in [0.15, 0.2) is 0 Å². The van der Waals surface area contributed by atoms with Gasteiger partial charge >= 0.3 is 0 Å². The predicted octanol–water partition coefficient (Wildman–Crippen LogP) is 2.49. The number of carbonyl (C=O) groups excluding carboxylic acids is 2. The molecule has 2 rings (SSSR count). The Hall–Kier alpha value is -1.49. The largest absolute Gasteiger partial charge is 0.342 e. The lowest BCUT2D eigenvalue weighted by molar-refractivity contribution is -0.127. The first-order valence-corrected chi connectivity index (χ1v) is 8.37. The zero-order valence-electron chi connectivity index (χ0n) is 12.7. The molecule has 2 amide bonds. The Morgan fingerprint density at radius 2 is 1.90 bits per heavy atom. The van der Waals surface area contributed by atoms with Crippen molar-refractivity contribution in [2.45, 2.75) is 24.7 Å². The Bertz CT molecular complexity index is 513. The van der Waals surface area contributed by atoms with Crippen molar-refractivity contribution in [1.82, 2.24) is 9.80 Å². The molecule has 114 valence electrons. The molecule has 0 N–H and O–H groups in total. The highest BCUT2D eigenvalue weighted by molar-refractivity contribution is 8.00. The summed E-state index contributed by atoms with van der Waals surface area (Å²) in [6, 6.07) is 7.52. The van der Waals surface area contributed by atoms with Gasteiger partial charge in [-0.05, 0) is 31.9 Å². The molecule has 1 heterocycles. The van der Waals surface area contributed by atoms with Gasteiger partial charge in [0, 0.05) is 31.6 Å². The first kappa shape index (κ1) is 15.9. The van der Waals surface area contributed by atoms with E-state index in [1.807, 2.05) is 36.1 Å². The van der Waals surface area contributed by atoms with Crippen molar-refractivity contribution < 1.29 is 9.59 Å². The Kier molecular flexibility index (Phi) is 5.67. The molecular formula is C16H22N2O2S. The predicted molar refractivity (Wildman–Crippen MR) is 85.6 cm³/mol. The number of hydrogen-bond donors (Lipinski definition) is 0. The van der Waals surface area contributed by atoms with Gasteiger partial charge in [0.25, 0.3) is 5.91 Å². The molecule has 0 aromatic heterocycles. The summed E-state index contributed by atoms with van der Waals surface area (Å²) in [7, 11) is 1.79. The Balaban J connectivity index is 2.02. The fraction of sp³-hybridized carbons (Fsp3) is 0.500. The summed E-state index contributed by atoms with van der Waals surface area (Å²) in [6.45, 7) is 4.37. The van der Waals surface area contributed by atoms with Crippen LogP contribution < -0.4 is 0 Å². The van der Waals surface area contributed by atoms with E-state index in [0.717, 1.165) is 30.8 Å². The molecule has 1 aliphatic rings. The van der Waals surface area contributed by atoms with E-state index in [0.29, 0.717) is 17.9 Å². The van der Waals surface area contributed by atoms with E-state index in [1.54, 1.807) is 11.9 Å². The van der Waals surface area contributed by atoms with Crippen LogP contribution in [-0.2, 0) is 4.79 Å². The molecule has 1 aromatic carbocycles. The minimum Gasteiger partial charge on any atom is -0.342 e. The summed E-state index contributed by atoms with van der Waals surface area (Å²) < 4.78 is 0. The Morgan fingerprint density at radius 3 is 2.57 bits per heavy atom. The highest BCUT2D eigenvalue weighted by atomic mass is 32.2. The lowest BCUT2D eigenvalue weighted by Gasteiger charge is -2.18. The molecular weight excluding hydrogens is 284 g/mol. The van der Waals surface area contributed by atoms with Crippen molar-refractivity contribution in [1.29, 1.82) is 0 Å². The van der Waals surface area contributed by atoms with Crippen LogP contribution in [0.4, 0.5) is 0 Å². The standard InChI is InChI=1S/C16H22N2O2S/c1-3-17(2)16(20)13-8-4-5-9-14(13)21-12-15(19)18-10-6-7-11-18/h4-5,8-9H,3,6-7,10-12H2,1-2H3. The third kappa shape index (κ3) is 4.00. The van der Waals surface area contributed by atoms with Gasteiger partial charge in [-0.3, -0.25) is 9.59 Å². The van der Waals surface area contributed by atoms with E-state index in [4.69, 9.17) is 0 Å². The molecule has 5 heteroatoms. The second-order valence-electron chi connectivity index (χ2n) is 5.19. The maximum absolute atomic E-state index is 12.3. The maximum atomic E-state index is 12.3. The van der Waals surface area contributed by atoms with E-state index in [-0.39, 0.29) is 11.8 Å². The zero-order chi connectivity index (χ0) is 15.2. The number of carbonyl (C=O) groups is 2. The summed E-state index contributed by atoms with van der Waals surface area (Å²) in [5, 5.41) is 0. The number of thioether (sulfide) groups is 1. The molecule has 1 fully saturated rings. The Morgan fingerprint density at radius 1 is 1.24 bits per heavy atom. The summed E-state index contributed by atoms with van der Waals surface area (Å²) in [4.78, 5) is 28.9. The molecule has 1 aromatic rings. The first-order chi connectivity index (χ1) is 10.1. The van der Waals surface area contributed by atoms with Crippen molar-refractivity contribution in [2.75, 3.05) is 32.4 Å². The maximum Gasteiger partial charge on any atom is 0.254 e. The van der Waals surface area contributed by atoms with E-state index in [2.05, 4.69) is 0 Å². The lowest BCUT2D eigenvalue weighted by Crippen LogP contribution is -2.29. The number of rotatable bonds is 5. The van der Waals surface area contributed by atoms with Crippen LogP contribution in [0.25, 0.3) is 0 Å². The summed E-state index contributed by atoms with van der Waals surface area (Å²) >= 11 is 1.46. The van der Waals surface area contributed by atoms with E-state index in [9.17, 15) is 9.59 Å². The van der Waals surface area contributed by atoms with Gasteiger partial charge in [-0.15, -0.1) is 11.8 Å². The molecule has 1 aliphatic heterocycles. The quantitative estimate of drug-likeness (QED) is 0.785. The molecule has 0 spiro atoms. The molecule has 0 aliphatic carbocycles. The molecule has 0 bridgehead atoms. The third-order valence-corrected chi connectivity index (χ3v) is 4.81. The van der Waals surface area contributed by atoms with E-state index >= 15 is 0 Å². The normalized spacial score (nSPS) is 14.3. The number of nitrogens with zero attached hydrogens (tertiary/aromatic N) is 2. The van der Waals surface area contributed by atoms with Gasteiger partial charge in [-0.1, -0.05) is 12.1 Å². The number of hydrogen-bond acceptors (Lipinski definition) is 3. The second kappa shape index (κ2) is 7.50. The average molecular weight is 306 g/mol. The van der Waals surface area contributed by atoms with Gasteiger partial charge in [0.2, 0.25) is 5.91 Å². The number of amides is 2. The molecule has 0 atom stereocenters. The minimum atomic E-state index is 0.00854. The van der Waals surface area contributed by atoms with Crippen LogP contribution in [0.5, 0.6) is 0 Å². The smallest absolute Gasteiger partial charge is 0.254 e. The van der Waals surface area contributed by atoms with E-state index < -0.39 is 0 Å². The SMILES string of the molecule is CCN(C)C(=O)c1ccccc1SCC(=O)N1CCCC1. The van der Waals surface area contributed by atoms with Gasteiger partial charge in [-0.25, -0.2) is 0 Å². The second-order valence-corrected chi connectivity index (χ2v) is 6.21. The summed E-state index contributed by atoms with van der Waals surface area (Å²) in [6.07, 6.45) is 2.21. The lowest BCUT2D eigenvalue weighted by atomic mass is 10.2. The molecule has 21 heavy (non-hydrogen) atoms. The number of likely N-dealkylation sites (tertiary alicyclic amines) is 1. The van der Waals surface area contributed by atoms with Crippen molar-refractivity contribution in [3.05, 3.63) is 29.8 Å². The third-order valence-electron chi connectivity index (χ3n) is 3.75. The topological polar surface area (TPSA) is 40.6 Å². The summed E-state index contributed by atoms with van der Waals surface area (Å²) in [5.74, 6) is 0.581. The van der Waals surface area contributed by atoms with Crippen molar-refractivity contribution >= 4 is 23.6 Å². The van der Waals surface area contributed by atoms with Crippen LogP contribution in [0.15, 0.2) is 29.2 Å². The van der Waals surface area contributed by atoms with Crippen LogP contribution in [0.1, 0.15) is 30.1 Å². The monoisotopic (exact) mass is 306 g/mol. The van der Waals surface area contributed by atoms with Crippen LogP contribution >= 0.6 is 11.8 Å². The fourth-order valence-corrected chi connectivity index (χ4v) is 3.26. The minimum absolute atomic E-state index is 0.00854. The zero-order valence-corrected chi connectivity index (χ0v) is 13.5. The van der Waals surface area contributed by atoms with E-state index in [1.165, 1.54) is 11.8 Å². The van der Waals surface area contributed by atoms with Crippen molar-refractivity contribution in [3.63, 3.8) is 0 Å².